The van der Waals surface area contributed by atoms with Gasteiger partial charge in [0.1, 0.15) is 11.5 Å². The van der Waals surface area contributed by atoms with E-state index in [1.54, 1.807) is 50.6 Å². The molecule has 4 rings (SSSR count). The number of benzene rings is 2. The van der Waals surface area contributed by atoms with Crippen LogP contribution < -0.4 is 14.2 Å². The van der Waals surface area contributed by atoms with Crippen molar-refractivity contribution in [1.29, 1.82) is 0 Å². The highest BCUT2D eigenvalue weighted by Crippen LogP contribution is 2.42. The highest BCUT2D eigenvalue weighted by Gasteiger charge is 2.47. The molecule has 8 heteroatoms. The average Bonchev–Trinajstić information content (AvgIpc) is 3.53. The normalized spacial score (nSPS) is 20.9. The summed E-state index contributed by atoms with van der Waals surface area (Å²) in [6.45, 7) is 3.59. The molecular weight excluding hydrogens is 474 g/mol. The number of ether oxygens (including phenoxy) is 4. The van der Waals surface area contributed by atoms with Crippen LogP contribution in [0, 0.1) is 0 Å². The number of carbonyl (C=O) groups is 2. The van der Waals surface area contributed by atoms with Gasteiger partial charge >= 0.3 is 0 Å². The third-order valence-electron chi connectivity index (χ3n) is 6.84. The first-order valence-corrected chi connectivity index (χ1v) is 12.8. The first-order valence-electron chi connectivity index (χ1n) is 12.8. The Balaban J connectivity index is 1.75. The molecule has 2 atom stereocenters. The molecule has 0 radical (unpaired) electrons. The predicted octanol–water partition coefficient (Wildman–Crippen LogP) is 4.87. The van der Waals surface area contributed by atoms with Gasteiger partial charge < -0.3 is 29.0 Å². The molecule has 0 bridgehead atoms. The van der Waals surface area contributed by atoms with Gasteiger partial charge in [-0.3, -0.25) is 9.59 Å². The van der Waals surface area contributed by atoms with Crippen molar-refractivity contribution >= 4 is 17.4 Å². The van der Waals surface area contributed by atoms with Gasteiger partial charge in [0.05, 0.1) is 38.5 Å². The Morgan fingerprint density at radius 2 is 1.84 bits per heavy atom. The molecule has 1 N–H and O–H groups in total. The number of aliphatic hydroxyl groups excluding tert-OH is 1. The van der Waals surface area contributed by atoms with E-state index >= 15 is 0 Å². The SMILES string of the molecule is CCCCCOc1ccc(C2C(=C(O)c3ccc(OC)cc3)C(=O)C(=O)N2CC2CCCO2)cc1OC. The molecule has 37 heavy (non-hydrogen) atoms. The second kappa shape index (κ2) is 12.1. The Bertz CT molecular complexity index is 1140. The van der Waals surface area contributed by atoms with Gasteiger partial charge in [-0.2, -0.15) is 0 Å². The maximum absolute atomic E-state index is 13.3. The number of rotatable bonds is 11. The minimum atomic E-state index is -0.797. The van der Waals surface area contributed by atoms with Crippen LogP contribution >= 0.6 is 0 Å². The maximum atomic E-state index is 13.3. The number of Topliss-reactive ketones (excluding diaryl/α,β-unsaturated/α-hetero) is 1. The second-order valence-corrected chi connectivity index (χ2v) is 9.28. The first kappa shape index (κ1) is 26.5. The fraction of sp³-hybridized carbons (Fsp3) is 0.448. The molecule has 8 nitrogen and oxygen atoms in total. The molecule has 1 amide bonds. The van der Waals surface area contributed by atoms with Crippen molar-refractivity contribution in [1.82, 2.24) is 4.90 Å². The van der Waals surface area contributed by atoms with Gasteiger partial charge in [0.25, 0.3) is 11.7 Å². The summed E-state index contributed by atoms with van der Waals surface area (Å²) in [5.74, 6) is 0.0882. The van der Waals surface area contributed by atoms with Gasteiger partial charge in [-0.05, 0) is 61.2 Å². The molecular formula is C29H35NO7. The molecule has 2 aliphatic rings. The zero-order valence-electron chi connectivity index (χ0n) is 21.7. The van der Waals surface area contributed by atoms with E-state index in [4.69, 9.17) is 18.9 Å². The number of methoxy groups -OCH3 is 2. The van der Waals surface area contributed by atoms with E-state index in [9.17, 15) is 14.7 Å². The Morgan fingerprint density at radius 1 is 1.05 bits per heavy atom. The van der Waals surface area contributed by atoms with Crippen LogP contribution in [0.15, 0.2) is 48.0 Å². The lowest BCUT2D eigenvalue weighted by atomic mass is 9.94. The topological polar surface area (TPSA) is 94.5 Å². The summed E-state index contributed by atoms with van der Waals surface area (Å²) in [7, 11) is 3.11. The lowest BCUT2D eigenvalue weighted by Gasteiger charge is -2.28. The Labute approximate surface area is 217 Å². The molecule has 198 valence electrons. The molecule has 0 aromatic heterocycles. The molecule has 0 saturated carbocycles. The summed E-state index contributed by atoms with van der Waals surface area (Å²) in [5, 5.41) is 11.3. The summed E-state index contributed by atoms with van der Waals surface area (Å²) < 4.78 is 22.5. The van der Waals surface area contributed by atoms with Gasteiger partial charge in [0.2, 0.25) is 0 Å². The van der Waals surface area contributed by atoms with Crippen LogP contribution in [0.5, 0.6) is 17.2 Å². The van der Waals surface area contributed by atoms with E-state index in [2.05, 4.69) is 6.92 Å². The van der Waals surface area contributed by atoms with Crippen LogP contribution in [-0.2, 0) is 14.3 Å². The number of nitrogens with zero attached hydrogens (tertiary/aromatic N) is 1. The molecule has 0 aliphatic carbocycles. The second-order valence-electron chi connectivity index (χ2n) is 9.28. The van der Waals surface area contributed by atoms with Crippen molar-refractivity contribution in [3.8, 4) is 17.2 Å². The van der Waals surface area contributed by atoms with Crippen LogP contribution in [0.3, 0.4) is 0 Å². The van der Waals surface area contributed by atoms with E-state index in [0.29, 0.717) is 41.6 Å². The van der Waals surface area contributed by atoms with E-state index in [0.717, 1.165) is 32.1 Å². The minimum Gasteiger partial charge on any atom is -0.507 e. The van der Waals surface area contributed by atoms with E-state index in [1.807, 2.05) is 6.07 Å². The number of carbonyl (C=O) groups excluding carboxylic acids is 2. The fourth-order valence-electron chi connectivity index (χ4n) is 4.83. The van der Waals surface area contributed by atoms with Gasteiger partial charge in [-0.1, -0.05) is 25.8 Å². The Morgan fingerprint density at radius 3 is 2.49 bits per heavy atom. The molecule has 2 heterocycles. The van der Waals surface area contributed by atoms with Crippen LogP contribution in [0.1, 0.15) is 56.2 Å². The highest BCUT2D eigenvalue weighted by molar-refractivity contribution is 6.46. The zero-order chi connectivity index (χ0) is 26.4. The van der Waals surface area contributed by atoms with Crippen molar-refractivity contribution in [3.05, 3.63) is 59.2 Å². The van der Waals surface area contributed by atoms with Crippen molar-refractivity contribution in [2.24, 2.45) is 0 Å². The van der Waals surface area contributed by atoms with Crippen molar-refractivity contribution in [2.45, 2.75) is 51.2 Å². The predicted molar refractivity (Wildman–Crippen MR) is 139 cm³/mol. The van der Waals surface area contributed by atoms with Gasteiger partial charge in [0, 0.05) is 18.7 Å². The molecule has 2 aromatic carbocycles. The van der Waals surface area contributed by atoms with Gasteiger partial charge in [-0.25, -0.2) is 0 Å². The van der Waals surface area contributed by atoms with Gasteiger partial charge in [-0.15, -0.1) is 0 Å². The lowest BCUT2D eigenvalue weighted by Crippen LogP contribution is -2.36. The number of likely N-dealkylation sites (tertiary alicyclic amines) is 1. The number of hydrogen-bond acceptors (Lipinski definition) is 7. The number of amides is 1. The van der Waals surface area contributed by atoms with E-state index in [-0.39, 0.29) is 24.0 Å². The van der Waals surface area contributed by atoms with E-state index in [1.165, 1.54) is 4.90 Å². The largest absolute Gasteiger partial charge is 0.507 e. The number of unbranched alkanes of at least 4 members (excludes halogenated alkanes) is 2. The van der Waals surface area contributed by atoms with Crippen LogP contribution in [0.4, 0.5) is 0 Å². The minimum absolute atomic E-state index is 0.0341. The number of ketones is 1. The Hall–Kier alpha value is -3.52. The lowest BCUT2D eigenvalue weighted by molar-refractivity contribution is -0.140. The van der Waals surface area contributed by atoms with Gasteiger partial charge in [0.15, 0.2) is 11.5 Å². The number of hydrogen-bond donors (Lipinski definition) is 1. The smallest absolute Gasteiger partial charge is 0.295 e. The molecule has 0 spiro atoms. The third-order valence-corrected chi connectivity index (χ3v) is 6.84. The summed E-state index contributed by atoms with van der Waals surface area (Å²) in [5.41, 5.74) is 1.10. The maximum Gasteiger partial charge on any atom is 0.295 e. The third kappa shape index (κ3) is 5.74. The monoisotopic (exact) mass is 509 g/mol. The molecule has 2 unspecified atom stereocenters. The van der Waals surface area contributed by atoms with Crippen LogP contribution in [0.25, 0.3) is 5.76 Å². The summed E-state index contributed by atoms with van der Waals surface area (Å²) in [6.07, 6.45) is 4.65. The average molecular weight is 510 g/mol. The number of aliphatic hydroxyl groups is 1. The van der Waals surface area contributed by atoms with Crippen molar-refractivity contribution in [2.75, 3.05) is 34.0 Å². The molecule has 2 fully saturated rings. The summed E-state index contributed by atoms with van der Waals surface area (Å²) >= 11 is 0. The van der Waals surface area contributed by atoms with E-state index < -0.39 is 17.7 Å². The molecule has 2 saturated heterocycles. The standard InChI is InChI=1S/C29H35NO7/c1-4-5-6-15-37-23-14-11-20(17-24(23)35-3)26-25(27(31)19-9-12-21(34-2)13-10-19)28(32)29(33)30(26)18-22-8-7-16-36-22/h9-14,17,22,26,31H,4-8,15-16,18H2,1-3H3. The first-order chi connectivity index (χ1) is 18.0. The highest BCUT2D eigenvalue weighted by atomic mass is 16.5. The Kier molecular flexibility index (Phi) is 8.71. The van der Waals surface area contributed by atoms with Crippen molar-refractivity contribution < 1.29 is 33.6 Å². The van der Waals surface area contributed by atoms with Crippen molar-refractivity contribution in [3.63, 3.8) is 0 Å². The van der Waals surface area contributed by atoms with Crippen LogP contribution in [0.2, 0.25) is 0 Å². The quantitative estimate of drug-likeness (QED) is 0.200. The fourth-order valence-corrected chi connectivity index (χ4v) is 4.83. The zero-order valence-corrected chi connectivity index (χ0v) is 21.7. The molecule has 2 aromatic rings. The summed E-state index contributed by atoms with van der Waals surface area (Å²) in [6, 6.07) is 11.3. The summed E-state index contributed by atoms with van der Waals surface area (Å²) in [4.78, 5) is 28.1. The van der Waals surface area contributed by atoms with Crippen LogP contribution in [-0.4, -0.2) is 61.8 Å². The molecule has 2 aliphatic heterocycles.